The number of allylic oxidation sites excluding steroid dienone is 2. The van der Waals surface area contributed by atoms with Gasteiger partial charge in [0.15, 0.2) is 0 Å². The second kappa shape index (κ2) is 9.03. The second-order valence-corrected chi connectivity index (χ2v) is 2.74. The summed E-state index contributed by atoms with van der Waals surface area (Å²) in [5.41, 5.74) is 0. The molecule has 0 aromatic rings. The largest absolute Gasteiger partial charge is 0.127 e. The van der Waals surface area contributed by atoms with Crippen LogP contribution in [0, 0.1) is 6.92 Å². The van der Waals surface area contributed by atoms with E-state index in [-0.39, 0.29) is 0 Å². The molecule has 0 bridgehead atoms. The van der Waals surface area contributed by atoms with Crippen molar-refractivity contribution in [3.05, 3.63) is 19.1 Å². The summed E-state index contributed by atoms with van der Waals surface area (Å²) >= 11 is 5.52. The third-order valence-electron chi connectivity index (χ3n) is 1.42. The first-order valence-corrected chi connectivity index (χ1v) is 4.45. The Morgan fingerprint density at radius 1 is 1.10 bits per heavy atom. The molecule has 10 heavy (non-hydrogen) atoms. The molecule has 0 nitrogen and oxygen atoms in total. The molecule has 0 rings (SSSR count). The van der Waals surface area contributed by atoms with Crippen molar-refractivity contribution in [1.29, 1.82) is 0 Å². The molecule has 0 aromatic carbocycles. The van der Waals surface area contributed by atoms with Crippen LogP contribution < -0.4 is 0 Å². The molecule has 1 heteroatoms. The molecule has 0 heterocycles. The van der Waals surface area contributed by atoms with Crippen LogP contribution in [0.3, 0.4) is 0 Å². The summed E-state index contributed by atoms with van der Waals surface area (Å²) in [6.45, 7) is 3.62. The van der Waals surface area contributed by atoms with Crippen molar-refractivity contribution in [2.45, 2.75) is 32.1 Å². The molecule has 0 aliphatic heterocycles. The Balaban J connectivity index is 2.77. The molecule has 0 fully saturated rings. The zero-order valence-electron chi connectivity index (χ0n) is 6.48. The molecular formula is C9H16Cl. The minimum Gasteiger partial charge on any atom is -0.127 e. The van der Waals surface area contributed by atoms with Gasteiger partial charge in [0, 0.05) is 5.88 Å². The lowest BCUT2D eigenvalue weighted by atomic mass is 10.1. The van der Waals surface area contributed by atoms with E-state index in [1.165, 1.54) is 25.7 Å². The van der Waals surface area contributed by atoms with Gasteiger partial charge in [0.05, 0.1) is 0 Å². The van der Waals surface area contributed by atoms with E-state index in [1.807, 2.05) is 6.08 Å². The summed E-state index contributed by atoms with van der Waals surface area (Å²) in [5, 5.41) is 0. The van der Waals surface area contributed by atoms with Crippen molar-refractivity contribution in [2.24, 2.45) is 0 Å². The van der Waals surface area contributed by atoms with Crippen molar-refractivity contribution >= 4 is 11.6 Å². The Labute approximate surface area is 69.3 Å². The first-order chi connectivity index (χ1) is 4.91. The summed E-state index contributed by atoms with van der Waals surface area (Å²) in [5.74, 6) is 0.811. The molecule has 0 aliphatic carbocycles. The Morgan fingerprint density at radius 3 is 2.40 bits per heavy atom. The molecule has 0 saturated heterocycles. The van der Waals surface area contributed by atoms with Gasteiger partial charge in [-0.25, -0.2) is 0 Å². The van der Waals surface area contributed by atoms with Crippen molar-refractivity contribution < 1.29 is 0 Å². The monoisotopic (exact) mass is 159 g/mol. The molecular weight excluding hydrogens is 144 g/mol. The van der Waals surface area contributed by atoms with Crippen molar-refractivity contribution in [3.63, 3.8) is 0 Å². The highest BCUT2D eigenvalue weighted by Crippen LogP contribution is 2.03. The third-order valence-corrected chi connectivity index (χ3v) is 1.69. The quantitative estimate of drug-likeness (QED) is 0.411. The Bertz CT molecular complexity index is 76.8. The number of hydrogen-bond donors (Lipinski definition) is 0. The molecule has 0 amide bonds. The smallest absolute Gasteiger partial charge is 0.0223 e. The lowest BCUT2D eigenvalue weighted by Crippen LogP contribution is -1.77. The zero-order chi connectivity index (χ0) is 7.66. The van der Waals surface area contributed by atoms with Gasteiger partial charge in [-0.3, -0.25) is 0 Å². The third kappa shape index (κ3) is 8.03. The van der Waals surface area contributed by atoms with Crippen molar-refractivity contribution in [1.82, 2.24) is 0 Å². The number of halogens is 1. The van der Waals surface area contributed by atoms with Crippen molar-refractivity contribution in [3.8, 4) is 0 Å². The SMILES string of the molecule is [CH2]/C=C/CCCCCCCl. The van der Waals surface area contributed by atoms with Gasteiger partial charge >= 0.3 is 0 Å². The van der Waals surface area contributed by atoms with Gasteiger partial charge in [-0.15, -0.1) is 11.6 Å². The van der Waals surface area contributed by atoms with Crippen LogP contribution in [0.4, 0.5) is 0 Å². The van der Waals surface area contributed by atoms with Gasteiger partial charge in [-0.05, 0) is 26.2 Å². The van der Waals surface area contributed by atoms with E-state index >= 15 is 0 Å². The van der Waals surface area contributed by atoms with Gasteiger partial charge < -0.3 is 0 Å². The summed E-state index contributed by atoms with van der Waals surface area (Å²) in [6.07, 6.45) is 10.2. The molecule has 0 N–H and O–H groups in total. The second-order valence-electron chi connectivity index (χ2n) is 2.36. The predicted molar refractivity (Wildman–Crippen MR) is 48.3 cm³/mol. The van der Waals surface area contributed by atoms with E-state index in [0.29, 0.717) is 0 Å². The minimum absolute atomic E-state index is 0.811. The standard InChI is InChI=1S/C9H16Cl/c1-2-3-4-5-6-7-8-9-10/h2-3H,1,4-9H2/b3-2+. The lowest BCUT2D eigenvalue weighted by Gasteiger charge is -1.94. The fourth-order valence-corrected chi connectivity index (χ4v) is 1.02. The van der Waals surface area contributed by atoms with Crippen molar-refractivity contribution in [2.75, 3.05) is 5.88 Å². The van der Waals surface area contributed by atoms with Gasteiger partial charge in [0.25, 0.3) is 0 Å². The Kier molecular flexibility index (Phi) is 9.06. The average Bonchev–Trinajstić information content (AvgIpc) is 1.97. The van der Waals surface area contributed by atoms with Gasteiger partial charge in [0.1, 0.15) is 0 Å². The molecule has 0 saturated carbocycles. The van der Waals surface area contributed by atoms with Crippen LogP contribution in [0.25, 0.3) is 0 Å². The molecule has 0 aliphatic rings. The normalized spacial score (nSPS) is 11.0. The van der Waals surface area contributed by atoms with Gasteiger partial charge in [-0.1, -0.05) is 25.0 Å². The lowest BCUT2D eigenvalue weighted by molar-refractivity contribution is 0.677. The van der Waals surface area contributed by atoms with E-state index in [4.69, 9.17) is 11.6 Å². The molecule has 0 atom stereocenters. The summed E-state index contributed by atoms with van der Waals surface area (Å²) in [7, 11) is 0. The van der Waals surface area contributed by atoms with Crippen LogP contribution in [-0.4, -0.2) is 5.88 Å². The number of rotatable bonds is 6. The highest BCUT2D eigenvalue weighted by atomic mass is 35.5. The first-order valence-electron chi connectivity index (χ1n) is 3.92. The van der Waals surface area contributed by atoms with Gasteiger partial charge in [-0.2, -0.15) is 0 Å². The summed E-state index contributed by atoms with van der Waals surface area (Å²) in [6, 6.07) is 0. The van der Waals surface area contributed by atoms with Gasteiger partial charge in [0.2, 0.25) is 0 Å². The topological polar surface area (TPSA) is 0 Å². The maximum Gasteiger partial charge on any atom is 0.0223 e. The highest BCUT2D eigenvalue weighted by Gasteiger charge is 1.85. The molecule has 0 spiro atoms. The Hall–Kier alpha value is 0.0300. The average molecular weight is 160 g/mol. The summed E-state index contributed by atoms with van der Waals surface area (Å²) in [4.78, 5) is 0. The summed E-state index contributed by atoms with van der Waals surface area (Å²) < 4.78 is 0. The maximum atomic E-state index is 5.52. The number of hydrogen-bond acceptors (Lipinski definition) is 0. The zero-order valence-corrected chi connectivity index (χ0v) is 7.24. The fourth-order valence-electron chi connectivity index (χ4n) is 0.828. The van der Waals surface area contributed by atoms with E-state index in [1.54, 1.807) is 0 Å². The first kappa shape index (κ1) is 10.0. The molecule has 0 unspecified atom stereocenters. The molecule has 59 valence electrons. The van der Waals surface area contributed by atoms with E-state index in [2.05, 4.69) is 13.0 Å². The van der Waals surface area contributed by atoms with Crippen LogP contribution in [-0.2, 0) is 0 Å². The fraction of sp³-hybridized carbons (Fsp3) is 0.667. The van der Waals surface area contributed by atoms with E-state index in [9.17, 15) is 0 Å². The van der Waals surface area contributed by atoms with Crippen LogP contribution in [0.2, 0.25) is 0 Å². The number of alkyl halides is 1. The maximum absolute atomic E-state index is 5.52. The number of unbranched alkanes of at least 4 members (excludes halogenated alkanes) is 4. The van der Waals surface area contributed by atoms with E-state index < -0.39 is 0 Å². The minimum atomic E-state index is 0.811. The highest BCUT2D eigenvalue weighted by molar-refractivity contribution is 6.17. The van der Waals surface area contributed by atoms with Crippen LogP contribution >= 0.6 is 11.6 Å². The van der Waals surface area contributed by atoms with Crippen LogP contribution in [0.15, 0.2) is 12.2 Å². The predicted octanol–water partition coefficient (Wildman–Crippen LogP) is 3.57. The Morgan fingerprint density at radius 2 is 1.80 bits per heavy atom. The molecule has 1 radical (unpaired) electrons. The van der Waals surface area contributed by atoms with E-state index in [0.717, 1.165) is 12.3 Å². The van der Waals surface area contributed by atoms with Crippen LogP contribution in [0.5, 0.6) is 0 Å². The molecule has 0 aromatic heterocycles. The van der Waals surface area contributed by atoms with Crippen LogP contribution in [0.1, 0.15) is 32.1 Å².